The van der Waals surface area contributed by atoms with Gasteiger partial charge in [-0.25, -0.2) is 4.79 Å². The minimum absolute atomic E-state index is 0.0132. The minimum atomic E-state index is -0.257. The molecule has 0 aromatic carbocycles. The van der Waals surface area contributed by atoms with Crippen molar-refractivity contribution in [2.45, 2.75) is 33.6 Å². The molecule has 1 aromatic heterocycles. The second kappa shape index (κ2) is 9.99. The molecule has 0 saturated carbocycles. The fraction of sp³-hybridized carbons (Fsp3) is 0.632. The number of nitrogens with zero attached hydrogens (tertiary/aromatic N) is 4. The average molecular weight is 362 g/mol. The molecule has 2 amide bonds. The van der Waals surface area contributed by atoms with E-state index in [1.54, 1.807) is 11.1 Å². The first kappa shape index (κ1) is 20.0. The summed E-state index contributed by atoms with van der Waals surface area (Å²) in [5, 5.41) is 0. The third-order valence-electron chi connectivity index (χ3n) is 4.41. The van der Waals surface area contributed by atoms with Crippen LogP contribution < -0.4 is 4.90 Å². The normalized spacial score (nSPS) is 14.3. The SMILES string of the molecule is CCCN(CCC)C(=O)c1cc(N2CCN(C(=O)OCC)CC2)ccn1. The lowest BCUT2D eigenvalue weighted by atomic mass is 10.2. The van der Waals surface area contributed by atoms with Crippen LogP contribution in [0.5, 0.6) is 0 Å². The molecule has 1 aliphatic heterocycles. The van der Waals surface area contributed by atoms with E-state index in [0.29, 0.717) is 38.5 Å². The van der Waals surface area contributed by atoms with Crippen molar-refractivity contribution in [1.82, 2.24) is 14.8 Å². The Labute approximate surface area is 155 Å². The zero-order chi connectivity index (χ0) is 18.9. The summed E-state index contributed by atoms with van der Waals surface area (Å²) in [7, 11) is 0. The third-order valence-corrected chi connectivity index (χ3v) is 4.41. The number of ether oxygens (including phenoxy) is 1. The van der Waals surface area contributed by atoms with Gasteiger partial charge >= 0.3 is 6.09 Å². The summed E-state index contributed by atoms with van der Waals surface area (Å²) < 4.78 is 5.05. The first-order valence-corrected chi connectivity index (χ1v) is 9.52. The maximum Gasteiger partial charge on any atom is 0.409 e. The molecule has 1 aliphatic rings. The van der Waals surface area contributed by atoms with Crippen LogP contribution >= 0.6 is 0 Å². The predicted molar refractivity (Wildman–Crippen MR) is 102 cm³/mol. The standard InChI is InChI=1S/C19H30N4O3/c1-4-9-22(10-5-2)18(24)17-15-16(7-8-20-17)21-11-13-23(14-12-21)19(25)26-6-3/h7-8,15H,4-6,9-14H2,1-3H3. The molecule has 1 fully saturated rings. The first-order chi connectivity index (χ1) is 12.6. The molecule has 7 heteroatoms. The van der Waals surface area contributed by atoms with E-state index in [2.05, 4.69) is 23.7 Å². The van der Waals surface area contributed by atoms with Crippen LogP contribution in [-0.4, -0.2) is 72.7 Å². The number of piperazine rings is 1. The maximum absolute atomic E-state index is 12.7. The van der Waals surface area contributed by atoms with E-state index in [9.17, 15) is 9.59 Å². The van der Waals surface area contributed by atoms with E-state index >= 15 is 0 Å². The van der Waals surface area contributed by atoms with Crippen molar-refractivity contribution < 1.29 is 14.3 Å². The third kappa shape index (κ3) is 5.09. The van der Waals surface area contributed by atoms with Gasteiger partial charge in [-0.1, -0.05) is 13.8 Å². The Bertz CT molecular complexity index is 594. The van der Waals surface area contributed by atoms with Gasteiger partial charge in [-0.3, -0.25) is 9.78 Å². The largest absolute Gasteiger partial charge is 0.450 e. The van der Waals surface area contributed by atoms with Gasteiger partial charge in [0.15, 0.2) is 0 Å². The first-order valence-electron chi connectivity index (χ1n) is 9.52. The lowest BCUT2D eigenvalue weighted by Crippen LogP contribution is -2.49. The highest BCUT2D eigenvalue weighted by molar-refractivity contribution is 5.93. The minimum Gasteiger partial charge on any atom is -0.450 e. The van der Waals surface area contributed by atoms with Crippen LogP contribution in [0.4, 0.5) is 10.5 Å². The smallest absolute Gasteiger partial charge is 0.409 e. The van der Waals surface area contributed by atoms with Crippen LogP contribution in [0.25, 0.3) is 0 Å². The number of pyridine rings is 1. The Morgan fingerprint density at radius 3 is 2.35 bits per heavy atom. The number of carbonyl (C=O) groups excluding carboxylic acids is 2. The summed E-state index contributed by atoms with van der Waals surface area (Å²) in [6.45, 7) is 10.5. The molecule has 2 rings (SSSR count). The molecular weight excluding hydrogens is 332 g/mol. The van der Waals surface area contributed by atoms with Crippen LogP contribution in [0.3, 0.4) is 0 Å². The van der Waals surface area contributed by atoms with Gasteiger partial charge in [-0.15, -0.1) is 0 Å². The maximum atomic E-state index is 12.7. The van der Waals surface area contributed by atoms with Crippen molar-refractivity contribution in [3.8, 4) is 0 Å². The molecule has 0 spiro atoms. The van der Waals surface area contributed by atoms with Gasteiger partial charge < -0.3 is 19.4 Å². The Balaban J connectivity index is 2.03. The number of rotatable bonds is 7. The Morgan fingerprint density at radius 1 is 1.12 bits per heavy atom. The highest BCUT2D eigenvalue weighted by Gasteiger charge is 2.23. The zero-order valence-corrected chi connectivity index (χ0v) is 16.1. The average Bonchev–Trinajstić information content (AvgIpc) is 2.67. The summed E-state index contributed by atoms with van der Waals surface area (Å²) >= 11 is 0. The molecule has 144 valence electrons. The second-order valence-electron chi connectivity index (χ2n) is 6.36. The van der Waals surface area contributed by atoms with E-state index in [1.807, 2.05) is 24.0 Å². The van der Waals surface area contributed by atoms with E-state index in [0.717, 1.165) is 31.6 Å². The van der Waals surface area contributed by atoms with E-state index in [4.69, 9.17) is 4.74 Å². The molecule has 2 heterocycles. The highest BCUT2D eigenvalue weighted by atomic mass is 16.6. The second-order valence-corrected chi connectivity index (χ2v) is 6.36. The molecule has 1 aromatic rings. The van der Waals surface area contributed by atoms with Crippen molar-refractivity contribution in [2.24, 2.45) is 0 Å². The number of hydrogen-bond donors (Lipinski definition) is 0. The van der Waals surface area contributed by atoms with Crippen molar-refractivity contribution in [3.63, 3.8) is 0 Å². The van der Waals surface area contributed by atoms with Crippen LogP contribution in [0.1, 0.15) is 44.1 Å². The monoisotopic (exact) mass is 362 g/mol. The van der Waals surface area contributed by atoms with Gasteiger partial charge in [-0.05, 0) is 31.9 Å². The van der Waals surface area contributed by atoms with E-state index < -0.39 is 0 Å². The molecule has 1 saturated heterocycles. The Hall–Kier alpha value is -2.31. The van der Waals surface area contributed by atoms with Crippen molar-refractivity contribution in [1.29, 1.82) is 0 Å². The lowest BCUT2D eigenvalue weighted by Gasteiger charge is -2.35. The molecule has 0 unspecified atom stereocenters. The van der Waals surface area contributed by atoms with Gasteiger partial charge in [-0.2, -0.15) is 0 Å². The molecule has 7 nitrogen and oxygen atoms in total. The molecule has 0 aliphatic carbocycles. The quantitative estimate of drug-likeness (QED) is 0.746. The predicted octanol–water partition coefficient (Wildman–Crippen LogP) is 2.62. The van der Waals surface area contributed by atoms with Gasteiger partial charge in [0.2, 0.25) is 0 Å². The molecule has 0 radical (unpaired) electrons. The molecule has 0 bridgehead atoms. The van der Waals surface area contributed by atoms with Crippen LogP contribution in [0.15, 0.2) is 18.3 Å². The Kier molecular flexibility index (Phi) is 7.69. The summed E-state index contributed by atoms with van der Waals surface area (Å²) in [6, 6.07) is 3.78. The fourth-order valence-electron chi connectivity index (χ4n) is 3.11. The summed E-state index contributed by atoms with van der Waals surface area (Å²) in [5.74, 6) is -0.0132. The molecule has 26 heavy (non-hydrogen) atoms. The van der Waals surface area contributed by atoms with E-state index in [-0.39, 0.29) is 12.0 Å². The van der Waals surface area contributed by atoms with Gasteiger partial charge in [0.05, 0.1) is 6.61 Å². The van der Waals surface area contributed by atoms with Crippen molar-refractivity contribution in [3.05, 3.63) is 24.0 Å². The highest BCUT2D eigenvalue weighted by Crippen LogP contribution is 2.18. The van der Waals surface area contributed by atoms with E-state index in [1.165, 1.54) is 0 Å². The Morgan fingerprint density at radius 2 is 1.77 bits per heavy atom. The van der Waals surface area contributed by atoms with Crippen molar-refractivity contribution >= 4 is 17.7 Å². The van der Waals surface area contributed by atoms with Gasteiger partial charge in [0.25, 0.3) is 5.91 Å². The summed E-state index contributed by atoms with van der Waals surface area (Å²) in [6.07, 6.45) is 3.30. The zero-order valence-electron chi connectivity index (χ0n) is 16.1. The molecule has 0 atom stereocenters. The van der Waals surface area contributed by atoms with Crippen LogP contribution in [0.2, 0.25) is 0 Å². The number of amides is 2. The number of carbonyl (C=O) groups is 2. The number of hydrogen-bond acceptors (Lipinski definition) is 5. The topological polar surface area (TPSA) is 66.0 Å². The number of anilines is 1. The van der Waals surface area contributed by atoms with Crippen LogP contribution in [-0.2, 0) is 4.74 Å². The molecular formula is C19H30N4O3. The summed E-state index contributed by atoms with van der Waals surface area (Å²) in [4.78, 5) is 34.6. The van der Waals surface area contributed by atoms with Gasteiger partial charge in [0, 0.05) is 51.2 Å². The molecule has 0 N–H and O–H groups in total. The fourth-order valence-corrected chi connectivity index (χ4v) is 3.11. The number of aromatic nitrogens is 1. The van der Waals surface area contributed by atoms with Crippen molar-refractivity contribution in [2.75, 3.05) is 50.8 Å². The lowest BCUT2D eigenvalue weighted by molar-refractivity contribution is 0.0749. The summed E-state index contributed by atoms with van der Waals surface area (Å²) in [5.41, 5.74) is 1.46. The van der Waals surface area contributed by atoms with Crippen LogP contribution in [0, 0.1) is 0 Å². The van der Waals surface area contributed by atoms with Gasteiger partial charge in [0.1, 0.15) is 5.69 Å².